The lowest BCUT2D eigenvalue weighted by molar-refractivity contribution is -0.140. The maximum Gasteiger partial charge on any atom is 0.341 e. The van der Waals surface area contributed by atoms with Gasteiger partial charge in [-0.05, 0) is 77.1 Å². The number of carbonyl (C=O) groups is 3. The lowest BCUT2D eigenvalue weighted by atomic mass is 9.84. The van der Waals surface area contributed by atoms with E-state index in [1.54, 1.807) is 0 Å². The molecule has 5 rings (SSSR count). The Morgan fingerprint density at radius 1 is 0.929 bits per heavy atom. The molecule has 2 aromatic carbocycles. The standard InChI is InChI=1S/C34H40N2O5S/c1-23-10-12-26(13-11-23)31(38)36(27-16-14-25(15-17-27)30(37)35-18-20-40-21-19-35)32-28(33(39)41-34(2,3)4)22-29(42-32)24-8-6-5-7-9-24/h5-13,22,25,27H,14-21H2,1-4H3. The number of anilines is 1. The highest BCUT2D eigenvalue weighted by Crippen LogP contribution is 2.42. The molecule has 8 heteroatoms. The third-order valence-corrected chi connectivity index (χ3v) is 9.04. The smallest absolute Gasteiger partial charge is 0.341 e. The number of aryl methyl sites for hydroxylation is 1. The Morgan fingerprint density at radius 2 is 1.57 bits per heavy atom. The summed E-state index contributed by atoms with van der Waals surface area (Å²) in [6.45, 7) is 9.95. The topological polar surface area (TPSA) is 76.2 Å². The quantitative estimate of drug-likeness (QED) is 0.298. The fourth-order valence-electron chi connectivity index (χ4n) is 5.67. The van der Waals surface area contributed by atoms with E-state index in [2.05, 4.69) is 0 Å². The number of amides is 2. The molecular weight excluding hydrogens is 548 g/mol. The van der Waals surface area contributed by atoms with Crippen LogP contribution in [-0.4, -0.2) is 60.6 Å². The zero-order valence-corrected chi connectivity index (χ0v) is 25.7. The first-order valence-corrected chi connectivity index (χ1v) is 15.6. The summed E-state index contributed by atoms with van der Waals surface area (Å²) in [6.07, 6.45) is 2.73. The van der Waals surface area contributed by atoms with E-state index in [0.29, 0.717) is 68.1 Å². The molecular formula is C34H40N2O5S. The average molecular weight is 589 g/mol. The number of rotatable bonds is 6. The van der Waals surface area contributed by atoms with Crippen LogP contribution in [-0.2, 0) is 14.3 Å². The van der Waals surface area contributed by atoms with E-state index in [0.717, 1.165) is 16.0 Å². The first-order valence-electron chi connectivity index (χ1n) is 14.8. The third-order valence-electron chi connectivity index (χ3n) is 7.86. The van der Waals surface area contributed by atoms with Crippen molar-refractivity contribution in [2.24, 2.45) is 5.92 Å². The predicted molar refractivity (Wildman–Crippen MR) is 166 cm³/mol. The van der Waals surface area contributed by atoms with Crippen LogP contribution in [0, 0.1) is 12.8 Å². The molecule has 2 amide bonds. The van der Waals surface area contributed by atoms with Crippen molar-refractivity contribution in [1.82, 2.24) is 4.90 Å². The summed E-state index contributed by atoms with van der Waals surface area (Å²) in [7, 11) is 0. The monoisotopic (exact) mass is 588 g/mol. The Balaban J connectivity index is 1.51. The molecule has 0 atom stereocenters. The molecule has 2 fully saturated rings. The molecule has 0 spiro atoms. The molecule has 2 aliphatic rings. The van der Waals surface area contributed by atoms with Crippen molar-refractivity contribution in [3.63, 3.8) is 0 Å². The van der Waals surface area contributed by atoms with Crippen LogP contribution in [0.3, 0.4) is 0 Å². The fraction of sp³-hybridized carbons (Fsp3) is 0.441. The van der Waals surface area contributed by atoms with Crippen molar-refractivity contribution < 1.29 is 23.9 Å². The van der Waals surface area contributed by atoms with Gasteiger partial charge >= 0.3 is 5.97 Å². The van der Waals surface area contributed by atoms with Gasteiger partial charge in [0.25, 0.3) is 5.91 Å². The number of ether oxygens (including phenoxy) is 2. The fourth-order valence-corrected chi connectivity index (χ4v) is 6.89. The number of hydrogen-bond donors (Lipinski definition) is 0. The Bertz CT molecular complexity index is 1400. The van der Waals surface area contributed by atoms with Crippen molar-refractivity contribution >= 4 is 34.1 Å². The first kappa shape index (κ1) is 30.0. The van der Waals surface area contributed by atoms with E-state index in [1.165, 1.54) is 11.3 Å². The molecule has 2 heterocycles. The van der Waals surface area contributed by atoms with Crippen LogP contribution in [0.4, 0.5) is 5.00 Å². The van der Waals surface area contributed by atoms with Crippen LogP contribution in [0.2, 0.25) is 0 Å². The number of morpholine rings is 1. The lowest BCUT2D eigenvalue weighted by Gasteiger charge is -2.38. The van der Waals surface area contributed by atoms with E-state index in [9.17, 15) is 14.4 Å². The molecule has 0 N–H and O–H groups in total. The summed E-state index contributed by atoms with van der Waals surface area (Å²) >= 11 is 1.44. The van der Waals surface area contributed by atoms with Gasteiger partial charge in [-0.1, -0.05) is 48.0 Å². The molecule has 0 unspecified atom stereocenters. The molecule has 42 heavy (non-hydrogen) atoms. The van der Waals surface area contributed by atoms with Gasteiger partial charge in [0.05, 0.1) is 18.8 Å². The van der Waals surface area contributed by atoms with Gasteiger partial charge in [-0.2, -0.15) is 0 Å². The van der Waals surface area contributed by atoms with Crippen LogP contribution in [0.15, 0.2) is 60.7 Å². The second kappa shape index (κ2) is 12.8. The van der Waals surface area contributed by atoms with Crippen LogP contribution >= 0.6 is 11.3 Å². The minimum absolute atomic E-state index is 0.0655. The second-order valence-corrected chi connectivity index (χ2v) is 13.2. The van der Waals surface area contributed by atoms with Gasteiger partial charge in [0.2, 0.25) is 5.91 Å². The van der Waals surface area contributed by atoms with Crippen LogP contribution in [0.5, 0.6) is 0 Å². The summed E-state index contributed by atoms with van der Waals surface area (Å²) in [6, 6.07) is 19.1. The minimum Gasteiger partial charge on any atom is -0.456 e. The third kappa shape index (κ3) is 6.93. The van der Waals surface area contributed by atoms with Crippen LogP contribution < -0.4 is 4.90 Å². The van der Waals surface area contributed by atoms with Crippen molar-refractivity contribution in [3.8, 4) is 10.4 Å². The molecule has 1 aliphatic carbocycles. The zero-order chi connectivity index (χ0) is 29.9. The number of thiophene rings is 1. The summed E-state index contributed by atoms with van der Waals surface area (Å²) < 4.78 is 11.3. The van der Waals surface area contributed by atoms with Crippen molar-refractivity contribution in [3.05, 3.63) is 77.4 Å². The van der Waals surface area contributed by atoms with E-state index >= 15 is 0 Å². The highest BCUT2D eigenvalue weighted by atomic mass is 32.1. The minimum atomic E-state index is -0.688. The van der Waals surface area contributed by atoms with E-state index in [1.807, 2.05) is 98.2 Å². The highest BCUT2D eigenvalue weighted by molar-refractivity contribution is 7.20. The highest BCUT2D eigenvalue weighted by Gasteiger charge is 2.38. The Hall–Kier alpha value is -3.49. The van der Waals surface area contributed by atoms with E-state index in [-0.39, 0.29) is 23.8 Å². The first-order chi connectivity index (χ1) is 20.1. The molecule has 3 aromatic rings. The predicted octanol–water partition coefficient (Wildman–Crippen LogP) is 6.74. The van der Waals surface area contributed by atoms with Gasteiger partial charge in [0, 0.05) is 35.5 Å². The maximum atomic E-state index is 14.3. The average Bonchev–Trinajstić information content (AvgIpc) is 3.43. The van der Waals surface area contributed by atoms with Gasteiger partial charge < -0.3 is 14.4 Å². The number of carbonyl (C=O) groups excluding carboxylic acids is 3. The van der Waals surface area contributed by atoms with Crippen molar-refractivity contribution in [1.29, 1.82) is 0 Å². The van der Waals surface area contributed by atoms with Gasteiger partial charge in [0.15, 0.2) is 0 Å². The molecule has 7 nitrogen and oxygen atoms in total. The molecule has 0 radical (unpaired) electrons. The summed E-state index contributed by atoms with van der Waals surface area (Å²) in [5.74, 6) is -0.479. The molecule has 1 aromatic heterocycles. The van der Waals surface area contributed by atoms with Gasteiger partial charge in [-0.15, -0.1) is 11.3 Å². The van der Waals surface area contributed by atoms with E-state index in [4.69, 9.17) is 9.47 Å². The SMILES string of the molecule is Cc1ccc(C(=O)N(c2sc(-c3ccccc3)cc2C(=O)OC(C)(C)C)C2CCC(C(=O)N3CCOCC3)CC2)cc1. The van der Waals surface area contributed by atoms with Crippen molar-refractivity contribution in [2.75, 3.05) is 31.2 Å². The molecule has 1 saturated carbocycles. The summed E-state index contributed by atoms with van der Waals surface area (Å²) in [4.78, 5) is 45.8. The number of nitrogens with zero attached hydrogens (tertiary/aromatic N) is 2. The number of esters is 1. The van der Waals surface area contributed by atoms with Crippen molar-refractivity contribution in [2.45, 2.75) is 65.0 Å². The number of hydrogen-bond acceptors (Lipinski definition) is 6. The molecule has 1 aliphatic heterocycles. The lowest BCUT2D eigenvalue weighted by Crippen LogP contribution is -2.47. The second-order valence-electron chi connectivity index (χ2n) is 12.2. The summed E-state index contributed by atoms with van der Waals surface area (Å²) in [5, 5.41) is 0.594. The van der Waals surface area contributed by atoms with Gasteiger partial charge in [-0.25, -0.2) is 4.79 Å². The number of benzene rings is 2. The van der Waals surface area contributed by atoms with Crippen LogP contribution in [0.25, 0.3) is 10.4 Å². The summed E-state index contributed by atoms with van der Waals surface area (Å²) in [5.41, 5.74) is 2.31. The molecule has 0 bridgehead atoms. The van der Waals surface area contributed by atoms with Gasteiger partial charge in [0.1, 0.15) is 10.6 Å². The Labute approximate surface area is 252 Å². The normalized spacial score (nSPS) is 19.3. The van der Waals surface area contributed by atoms with Gasteiger partial charge in [-0.3, -0.25) is 14.5 Å². The maximum absolute atomic E-state index is 14.3. The van der Waals surface area contributed by atoms with E-state index < -0.39 is 11.6 Å². The zero-order valence-electron chi connectivity index (χ0n) is 24.9. The van der Waals surface area contributed by atoms with Crippen LogP contribution in [0.1, 0.15) is 72.7 Å². The largest absolute Gasteiger partial charge is 0.456 e. The molecule has 222 valence electrons. The Kier molecular flexibility index (Phi) is 9.13. The molecule has 1 saturated heterocycles. The Morgan fingerprint density at radius 3 is 2.19 bits per heavy atom.